The molecule has 0 N–H and O–H groups in total. The Hall–Kier alpha value is -2.16. The maximum atomic E-state index is 4.89. The van der Waals surface area contributed by atoms with E-state index in [-0.39, 0.29) is 0 Å². The zero-order valence-electron chi connectivity index (χ0n) is 13.6. The standard InChI is InChI=1S/C19H23N3/c1-4-5-9-15-12-18-17(19(20-15)14(2)3)13-22(21-18)16-10-7-6-8-11-16/h6-8,10-14H,4-5,9H2,1-3H3. The summed E-state index contributed by atoms with van der Waals surface area (Å²) in [6.07, 6.45) is 5.51. The van der Waals surface area contributed by atoms with Crippen molar-refractivity contribution in [2.24, 2.45) is 0 Å². The molecule has 3 rings (SSSR count). The van der Waals surface area contributed by atoms with Crippen LogP contribution in [0.3, 0.4) is 0 Å². The molecule has 0 fully saturated rings. The highest BCUT2D eigenvalue weighted by molar-refractivity contribution is 5.81. The van der Waals surface area contributed by atoms with E-state index in [0.717, 1.165) is 29.0 Å². The largest absolute Gasteiger partial charge is 0.257 e. The smallest absolute Gasteiger partial charge is 0.0964 e. The van der Waals surface area contributed by atoms with Crippen molar-refractivity contribution in [1.82, 2.24) is 14.8 Å². The molecule has 0 saturated carbocycles. The second-order valence-electron chi connectivity index (χ2n) is 6.10. The summed E-state index contributed by atoms with van der Waals surface area (Å²) in [4.78, 5) is 4.89. The molecule has 1 aromatic carbocycles. The number of hydrogen-bond acceptors (Lipinski definition) is 2. The van der Waals surface area contributed by atoms with Gasteiger partial charge in [-0.1, -0.05) is 45.4 Å². The molecule has 3 aromatic rings. The second-order valence-corrected chi connectivity index (χ2v) is 6.10. The van der Waals surface area contributed by atoms with E-state index in [9.17, 15) is 0 Å². The summed E-state index contributed by atoms with van der Waals surface area (Å²) in [5.41, 5.74) is 4.46. The van der Waals surface area contributed by atoms with E-state index in [2.05, 4.69) is 45.2 Å². The quantitative estimate of drug-likeness (QED) is 0.670. The average molecular weight is 293 g/mol. The van der Waals surface area contributed by atoms with Crippen LogP contribution in [0, 0.1) is 0 Å². The summed E-state index contributed by atoms with van der Waals surface area (Å²) in [6.45, 7) is 6.61. The van der Waals surface area contributed by atoms with Crippen LogP contribution in [0.15, 0.2) is 42.6 Å². The first kappa shape index (κ1) is 14.8. The Balaban J connectivity index is 2.11. The first-order chi connectivity index (χ1) is 10.7. The molecule has 0 amide bonds. The molecule has 2 aromatic heterocycles. The lowest BCUT2D eigenvalue weighted by atomic mass is 10.0. The van der Waals surface area contributed by atoms with Gasteiger partial charge in [-0.15, -0.1) is 0 Å². The van der Waals surface area contributed by atoms with Gasteiger partial charge in [0, 0.05) is 17.3 Å². The molecule has 0 aliphatic heterocycles. The molecule has 0 aliphatic rings. The van der Waals surface area contributed by atoms with E-state index in [0.29, 0.717) is 5.92 Å². The van der Waals surface area contributed by atoms with Crippen LogP contribution >= 0.6 is 0 Å². The summed E-state index contributed by atoms with van der Waals surface area (Å²) in [5, 5.41) is 5.94. The highest BCUT2D eigenvalue weighted by Gasteiger charge is 2.13. The highest BCUT2D eigenvalue weighted by Crippen LogP contribution is 2.25. The molecular weight excluding hydrogens is 270 g/mol. The SMILES string of the molecule is CCCCc1cc2nn(-c3ccccc3)cc2c(C(C)C)n1. The van der Waals surface area contributed by atoms with Crippen LogP contribution in [0.1, 0.15) is 50.9 Å². The zero-order chi connectivity index (χ0) is 15.5. The van der Waals surface area contributed by atoms with Gasteiger partial charge in [-0.2, -0.15) is 5.10 Å². The topological polar surface area (TPSA) is 30.7 Å². The van der Waals surface area contributed by atoms with Gasteiger partial charge in [0.1, 0.15) is 0 Å². The number of unbranched alkanes of at least 4 members (excludes halogenated alkanes) is 1. The van der Waals surface area contributed by atoms with Gasteiger partial charge in [0.15, 0.2) is 0 Å². The van der Waals surface area contributed by atoms with Gasteiger partial charge in [0.2, 0.25) is 0 Å². The van der Waals surface area contributed by atoms with Crippen molar-refractivity contribution in [3.05, 3.63) is 54.0 Å². The molecule has 0 unspecified atom stereocenters. The number of para-hydroxylation sites is 1. The Bertz CT molecular complexity index is 757. The van der Waals surface area contributed by atoms with Gasteiger partial charge in [-0.25, -0.2) is 4.68 Å². The number of benzene rings is 1. The van der Waals surface area contributed by atoms with Crippen molar-refractivity contribution in [2.75, 3.05) is 0 Å². The third-order valence-corrected chi connectivity index (χ3v) is 3.94. The van der Waals surface area contributed by atoms with E-state index in [1.807, 2.05) is 22.9 Å². The monoisotopic (exact) mass is 293 g/mol. The average Bonchev–Trinajstić information content (AvgIpc) is 2.96. The van der Waals surface area contributed by atoms with Crippen LogP contribution in [0.5, 0.6) is 0 Å². The molecular formula is C19H23N3. The lowest BCUT2D eigenvalue weighted by Gasteiger charge is -2.08. The predicted molar refractivity (Wildman–Crippen MR) is 91.6 cm³/mol. The number of rotatable bonds is 5. The highest BCUT2D eigenvalue weighted by atomic mass is 15.3. The summed E-state index contributed by atoms with van der Waals surface area (Å²) >= 11 is 0. The first-order valence-corrected chi connectivity index (χ1v) is 8.13. The third-order valence-electron chi connectivity index (χ3n) is 3.94. The van der Waals surface area contributed by atoms with Crippen LogP contribution in [0.25, 0.3) is 16.6 Å². The maximum absolute atomic E-state index is 4.89. The number of nitrogens with zero attached hydrogens (tertiary/aromatic N) is 3. The number of hydrogen-bond donors (Lipinski definition) is 0. The lowest BCUT2D eigenvalue weighted by Crippen LogP contribution is -1.98. The van der Waals surface area contributed by atoms with Gasteiger partial charge in [-0.3, -0.25) is 4.98 Å². The Kier molecular flexibility index (Phi) is 4.23. The normalized spacial score (nSPS) is 11.5. The number of pyridine rings is 1. The summed E-state index contributed by atoms with van der Waals surface area (Å²) in [7, 11) is 0. The molecule has 0 saturated heterocycles. The van der Waals surface area contributed by atoms with E-state index < -0.39 is 0 Å². The van der Waals surface area contributed by atoms with Crippen LogP contribution in [-0.2, 0) is 6.42 Å². The van der Waals surface area contributed by atoms with Crippen molar-refractivity contribution < 1.29 is 0 Å². The summed E-state index contributed by atoms with van der Waals surface area (Å²) in [5.74, 6) is 0.400. The van der Waals surface area contributed by atoms with Gasteiger partial charge < -0.3 is 0 Å². The van der Waals surface area contributed by atoms with Crippen LogP contribution in [0.4, 0.5) is 0 Å². The van der Waals surface area contributed by atoms with E-state index >= 15 is 0 Å². The third kappa shape index (κ3) is 2.89. The van der Waals surface area contributed by atoms with E-state index in [4.69, 9.17) is 10.1 Å². The fourth-order valence-electron chi connectivity index (χ4n) is 2.74. The molecule has 0 aliphatic carbocycles. The zero-order valence-corrected chi connectivity index (χ0v) is 13.6. The van der Waals surface area contributed by atoms with Gasteiger partial charge in [-0.05, 0) is 37.0 Å². The predicted octanol–water partition coefficient (Wildman–Crippen LogP) is 4.89. The molecule has 22 heavy (non-hydrogen) atoms. The van der Waals surface area contributed by atoms with Crippen LogP contribution in [-0.4, -0.2) is 14.8 Å². The number of aromatic nitrogens is 3. The Morgan fingerprint density at radius 2 is 1.91 bits per heavy atom. The van der Waals surface area contributed by atoms with Crippen molar-refractivity contribution >= 4 is 10.9 Å². The summed E-state index contributed by atoms with van der Waals surface area (Å²) in [6, 6.07) is 12.4. The lowest BCUT2D eigenvalue weighted by molar-refractivity contribution is 0.757. The van der Waals surface area contributed by atoms with E-state index in [1.165, 1.54) is 18.2 Å². The molecule has 3 nitrogen and oxygen atoms in total. The molecule has 2 heterocycles. The van der Waals surface area contributed by atoms with Crippen molar-refractivity contribution in [2.45, 2.75) is 46.0 Å². The molecule has 0 radical (unpaired) electrons. The maximum Gasteiger partial charge on any atom is 0.0964 e. The molecule has 0 bridgehead atoms. The fourth-order valence-corrected chi connectivity index (χ4v) is 2.74. The summed E-state index contributed by atoms with van der Waals surface area (Å²) < 4.78 is 1.96. The number of aryl methyl sites for hydroxylation is 1. The van der Waals surface area contributed by atoms with Crippen molar-refractivity contribution in [3.8, 4) is 5.69 Å². The Labute approximate surface area is 132 Å². The van der Waals surface area contributed by atoms with Crippen LogP contribution in [0.2, 0.25) is 0 Å². The van der Waals surface area contributed by atoms with Gasteiger partial charge >= 0.3 is 0 Å². The molecule has 114 valence electrons. The molecule has 0 spiro atoms. The minimum Gasteiger partial charge on any atom is -0.257 e. The Morgan fingerprint density at radius 1 is 1.14 bits per heavy atom. The van der Waals surface area contributed by atoms with Crippen LogP contribution < -0.4 is 0 Å². The molecule has 0 atom stereocenters. The van der Waals surface area contributed by atoms with Gasteiger partial charge in [0.05, 0.1) is 16.9 Å². The Morgan fingerprint density at radius 3 is 2.59 bits per heavy atom. The van der Waals surface area contributed by atoms with Crippen molar-refractivity contribution in [3.63, 3.8) is 0 Å². The molecule has 3 heteroatoms. The van der Waals surface area contributed by atoms with Gasteiger partial charge in [0.25, 0.3) is 0 Å². The number of fused-ring (bicyclic) bond motifs is 1. The van der Waals surface area contributed by atoms with Crippen molar-refractivity contribution in [1.29, 1.82) is 0 Å². The van der Waals surface area contributed by atoms with E-state index in [1.54, 1.807) is 0 Å². The minimum atomic E-state index is 0.400. The fraction of sp³-hybridized carbons (Fsp3) is 0.368. The second kappa shape index (κ2) is 6.30. The first-order valence-electron chi connectivity index (χ1n) is 8.13. The minimum absolute atomic E-state index is 0.400.